The molecule has 0 saturated carbocycles. The van der Waals surface area contributed by atoms with Crippen molar-refractivity contribution in [3.63, 3.8) is 0 Å². The first-order valence-corrected chi connectivity index (χ1v) is 9.33. The molecule has 0 saturated heterocycles. The van der Waals surface area contributed by atoms with Gasteiger partial charge in [0.2, 0.25) is 6.79 Å². The number of aromatic nitrogens is 1. The summed E-state index contributed by atoms with van der Waals surface area (Å²) in [7, 11) is 0. The van der Waals surface area contributed by atoms with Crippen LogP contribution in [0.25, 0.3) is 5.69 Å². The summed E-state index contributed by atoms with van der Waals surface area (Å²) in [5, 5.41) is 3.91. The van der Waals surface area contributed by atoms with Gasteiger partial charge < -0.3 is 14.0 Å². The van der Waals surface area contributed by atoms with Crippen LogP contribution in [0.2, 0.25) is 0 Å². The van der Waals surface area contributed by atoms with Gasteiger partial charge in [-0.15, -0.1) is 0 Å². The summed E-state index contributed by atoms with van der Waals surface area (Å²) in [6.45, 7) is 4.01. The van der Waals surface area contributed by atoms with Crippen molar-refractivity contribution < 1.29 is 27.4 Å². The SMILES string of the molecule is Cc1cc(C=NNC(=O)c2cccc(C(F)(F)F)c2)c(C)n1-c1ccc2c(c1)OCO2. The first-order chi connectivity index (χ1) is 14.7. The number of aryl methyl sites for hydroxylation is 1. The van der Waals surface area contributed by atoms with Crippen molar-refractivity contribution in [1.82, 2.24) is 9.99 Å². The van der Waals surface area contributed by atoms with Crippen LogP contribution in [0.1, 0.15) is 32.9 Å². The molecular weight excluding hydrogens is 411 g/mol. The smallest absolute Gasteiger partial charge is 0.416 e. The fourth-order valence-electron chi connectivity index (χ4n) is 3.40. The van der Waals surface area contributed by atoms with Crippen LogP contribution in [-0.4, -0.2) is 23.5 Å². The third kappa shape index (κ3) is 4.11. The van der Waals surface area contributed by atoms with Gasteiger partial charge in [-0.1, -0.05) is 6.07 Å². The minimum Gasteiger partial charge on any atom is -0.454 e. The fraction of sp³-hybridized carbons (Fsp3) is 0.182. The van der Waals surface area contributed by atoms with Gasteiger partial charge >= 0.3 is 6.18 Å². The van der Waals surface area contributed by atoms with E-state index in [9.17, 15) is 18.0 Å². The molecule has 0 radical (unpaired) electrons. The predicted molar refractivity (Wildman–Crippen MR) is 108 cm³/mol. The molecule has 0 unspecified atom stereocenters. The van der Waals surface area contributed by atoms with E-state index < -0.39 is 17.6 Å². The molecule has 31 heavy (non-hydrogen) atoms. The molecule has 1 aliphatic rings. The van der Waals surface area contributed by atoms with Gasteiger partial charge in [0.05, 0.1) is 11.8 Å². The molecule has 1 aliphatic heterocycles. The second kappa shape index (κ2) is 7.82. The zero-order valence-corrected chi connectivity index (χ0v) is 16.7. The Bertz CT molecular complexity index is 1180. The van der Waals surface area contributed by atoms with Crippen LogP contribution in [0.5, 0.6) is 11.5 Å². The van der Waals surface area contributed by atoms with Crippen LogP contribution in [0.15, 0.2) is 53.6 Å². The van der Waals surface area contributed by atoms with E-state index in [0.717, 1.165) is 34.8 Å². The standard InChI is InChI=1S/C22H18F3N3O3/c1-13-8-16(14(2)28(13)18-6-7-19-20(10-18)31-12-30-19)11-26-27-21(29)15-4-3-5-17(9-15)22(23,24)25/h3-11H,12H2,1-2H3,(H,27,29). The summed E-state index contributed by atoms with van der Waals surface area (Å²) in [4.78, 5) is 12.2. The Morgan fingerprint density at radius 1 is 1.10 bits per heavy atom. The number of alkyl halides is 3. The zero-order valence-electron chi connectivity index (χ0n) is 16.7. The van der Waals surface area contributed by atoms with Gasteiger partial charge in [-0.2, -0.15) is 18.3 Å². The van der Waals surface area contributed by atoms with Gasteiger partial charge in [0.25, 0.3) is 5.91 Å². The number of hydrogen-bond donors (Lipinski definition) is 1. The van der Waals surface area contributed by atoms with Gasteiger partial charge in [0, 0.05) is 34.3 Å². The lowest BCUT2D eigenvalue weighted by molar-refractivity contribution is -0.137. The maximum Gasteiger partial charge on any atom is 0.416 e. The molecule has 0 aliphatic carbocycles. The van der Waals surface area contributed by atoms with Gasteiger partial charge in [-0.05, 0) is 50.2 Å². The predicted octanol–water partition coefficient (Wildman–Crippen LogP) is 4.61. The summed E-state index contributed by atoms with van der Waals surface area (Å²) in [6.07, 6.45) is -3.07. The highest BCUT2D eigenvalue weighted by atomic mass is 19.4. The summed E-state index contributed by atoms with van der Waals surface area (Å²) in [5.74, 6) is 0.616. The summed E-state index contributed by atoms with van der Waals surface area (Å²) in [5.41, 5.74) is 4.69. The largest absolute Gasteiger partial charge is 0.454 e. The second-order valence-electron chi connectivity index (χ2n) is 6.98. The van der Waals surface area contributed by atoms with E-state index >= 15 is 0 Å². The second-order valence-corrected chi connectivity index (χ2v) is 6.98. The minimum absolute atomic E-state index is 0.127. The van der Waals surface area contributed by atoms with Crippen molar-refractivity contribution >= 4 is 12.1 Å². The molecule has 4 rings (SSSR count). The Hall–Kier alpha value is -3.75. The number of nitrogens with zero attached hydrogens (tertiary/aromatic N) is 2. The Morgan fingerprint density at radius 3 is 2.65 bits per heavy atom. The van der Waals surface area contributed by atoms with Gasteiger partial charge in [-0.3, -0.25) is 4.79 Å². The van der Waals surface area contributed by atoms with Crippen LogP contribution in [0, 0.1) is 13.8 Å². The average Bonchev–Trinajstić information content (AvgIpc) is 3.30. The van der Waals surface area contributed by atoms with Crippen molar-refractivity contribution in [3.8, 4) is 17.2 Å². The number of fused-ring (bicyclic) bond motifs is 1. The van der Waals surface area contributed by atoms with E-state index in [4.69, 9.17) is 9.47 Å². The number of hydrogen-bond acceptors (Lipinski definition) is 4. The molecule has 1 N–H and O–H groups in total. The minimum atomic E-state index is -4.52. The highest BCUT2D eigenvalue weighted by Crippen LogP contribution is 2.34. The van der Waals surface area contributed by atoms with E-state index in [2.05, 4.69) is 10.5 Å². The summed E-state index contributed by atoms with van der Waals surface area (Å²) in [6, 6.07) is 11.7. The lowest BCUT2D eigenvalue weighted by Crippen LogP contribution is -2.18. The van der Waals surface area contributed by atoms with E-state index in [-0.39, 0.29) is 12.4 Å². The van der Waals surface area contributed by atoms with Gasteiger partial charge in [0.1, 0.15) is 0 Å². The van der Waals surface area contributed by atoms with Crippen molar-refractivity contribution in [2.75, 3.05) is 6.79 Å². The number of rotatable bonds is 4. The van der Waals surface area contributed by atoms with Crippen LogP contribution in [0.4, 0.5) is 13.2 Å². The lowest BCUT2D eigenvalue weighted by atomic mass is 10.1. The monoisotopic (exact) mass is 429 g/mol. The Morgan fingerprint density at radius 2 is 1.87 bits per heavy atom. The molecular formula is C22H18F3N3O3. The van der Waals surface area contributed by atoms with E-state index in [0.29, 0.717) is 11.5 Å². The van der Waals surface area contributed by atoms with E-state index in [1.54, 1.807) is 0 Å². The summed E-state index contributed by atoms with van der Waals surface area (Å²) >= 11 is 0. The molecule has 3 aromatic rings. The maximum atomic E-state index is 12.8. The highest BCUT2D eigenvalue weighted by molar-refractivity contribution is 5.95. The number of carbonyl (C=O) groups excluding carboxylic acids is 1. The number of carbonyl (C=O) groups is 1. The van der Waals surface area contributed by atoms with Crippen LogP contribution in [0.3, 0.4) is 0 Å². The van der Waals surface area contributed by atoms with Crippen LogP contribution >= 0.6 is 0 Å². The topological polar surface area (TPSA) is 64.9 Å². The molecule has 0 spiro atoms. The fourth-order valence-corrected chi connectivity index (χ4v) is 3.40. The van der Waals surface area contributed by atoms with Crippen molar-refractivity contribution in [2.24, 2.45) is 5.10 Å². The molecule has 1 amide bonds. The number of halogens is 3. The number of nitrogens with one attached hydrogen (secondary N) is 1. The normalized spacial score (nSPS) is 13.1. The molecule has 0 bridgehead atoms. The Kier molecular flexibility index (Phi) is 5.18. The molecule has 0 fully saturated rings. The third-order valence-corrected chi connectivity index (χ3v) is 4.91. The van der Waals surface area contributed by atoms with Crippen molar-refractivity contribution in [3.05, 3.63) is 76.6 Å². The molecule has 160 valence electrons. The Balaban J connectivity index is 1.52. The number of hydrazone groups is 1. The van der Waals surface area contributed by atoms with E-state index in [1.807, 2.05) is 42.7 Å². The molecule has 6 nitrogen and oxygen atoms in total. The Labute approximate surface area is 175 Å². The van der Waals surface area contributed by atoms with Crippen LogP contribution < -0.4 is 14.9 Å². The van der Waals surface area contributed by atoms with Gasteiger partial charge in [-0.25, -0.2) is 5.43 Å². The first-order valence-electron chi connectivity index (χ1n) is 9.33. The molecule has 2 aromatic carbocycles. The highest BCUT2D eigenvalue weighted by Gasteiger charge is 2.30. The lowest BCUT2D eigenvalue weighted by Gasteiger charge is -2.10. The van der Waals surface area contributed by atoms with E-state index in [1.165, 1.54) is 18.3 Å². The number of amides is 1. The zero-order chi connectivity index (χ0) is 22.2. The quantitative estimate of drug-likeness (QED) is 0.487. The summed E-state index contributed by atoms with van der Waals surface area (Å²) < 4.78 is 51.2. The van der Waals surface area contributed by atoms with Crippen molar-refractivity contribution in [2.45, 2.75) is 20.0 Å². The molecule has 9 heteroatoms. The number of benzene rings is 2. The van der Waals surface area contributed by atoms with Crippen LogP contribution in [-0.2, 0) is 6.18 Å². The average molecular weight is 429 g/mol. The maximum absolute atomic E-state index is 12.8. The molecule has 1 aromatic heterocycles. The van der Waals surface area contributed by atoms with Gasteiger partial charge in [0.15, 0.2) is 11.5 Å². The molecule has 2 heterocycles. The number of ether oxygens (including phenoxy) is 2. The van der Waals surface area contributed by atoms with Crippen molar-refractivity contribution in [1.29, 1.82) is 0 Å². The third-order valence-electron chi connectivity index (χ3n) is 4.91. The first kappa shape index (κ1) is 20.5. The molecule has 0 atom stereocenters.